The van der Waals surface area contributed by atoms with Gasteiger partial charge in [-0.15, -0.1) is 0 Å². The van der Waals surface area contributed by atoms with Gasteiger partial charge in [0.2, 0.25) is 0 Å². The molecular formula is C13H14F3NO4S. The van der Waals surface area contributed by atoms with Crippen molar-refractivity contribution in [3.63, 3.8) is 0 Å². The first-order valence-corrected chi connectivity index (χ1v) is 8.28. The molecule has 0 saturated carbocycles. The first-order chi connectivity index (χ1) is 10.2. The van der Waals surface area contributed by atoms with Gasteiger partial charge in [-0.1, -0.05) is 0 Å². The number of hydrogen-bond donors (Lipinski definition) is 1. The van der Waals surface area contributed by atoms with Gasteiger partial charge in [0, 0.05) is 6.04 Å². The summed E-state index contributed by atoms with van der Waals surface area (Å²) in [6, 6.07) is 3.52. The lowest BCUT2D eigenvalue weighted by Gasteiger charge is -2.12. The Bertz CT molecular complexity index is 640. The fraction of sp³-hybridized carbons (Fsp3) is 0.462. The lowest BCUT2D eigenvalue weighted by Crippen LogP contribution is -2.38. The minimum absolute atomic E-state index is 0.0394. The molecule has 0 aromatic heterocycles. The number of amides is 1. The Morgan fingerprint density at radius 1 is 1.27 bits per heavy atom. The van der Waals surface area contributed by atoms with Crippen LogP contribution in [-0.2, 0) is 20.8 Å². The first kappa shape index (κ1) is 16.6. The number of nitrogens with one attached hydrogen (secondary N) is 1. The zero-order chi connectivity index (χ0) is 16.4. The predicted molar refractivity (Wildman–Crippen MR) is 72.1 cm³/mol. The molecule has 1 amide bonds. The molecule has 1 fully saturated rings. The number of alkyl halides is 3. The number of rotatable bonds is 4. The van der Waals surface area contributed by atoms with Crippen molar-refractivity contribution in [2.24, 2.45) is 0 Å². The Labute approximate surface area is 125 Å². The zero-order valence-corrected chi connectivity index (χ0v) is 12.2. The molecule has 1 unspecified atom stereocenters. The quantitative estimate of drug-likeness (QED) is 0.901. The van der Waals surface area contributed by atoms with E-state index < -0.39 is 33.5 Å². The zero-order valence-electron chi connectivity index (χ0n) is 11.4. The van der Waals surface area contributed by atoms with Gasteiger partial charge in [-0.05, 0) is 30.7 Å². The highest BCUT2D eigenvalue weighted by Crippen LogP contribution is 2.30. The van der Waals surface area contributed by atoms with Crippen LogP contribution < -0.4 is 10.1 Å². The second-order valence-corrected chi connectivity index (χ2v) is 7.21. The van der Waals surface area contributed by atoms with Crippen molar-refractivity contribution >= 4 is 15.7 Å². The van der Waals surface area contributed by atoms with Crippen LogP contribution in [0.15, 0.2) is 24.3 Å². The Hall–Kier alpha value is -1.77. The normalized spacial score (nSPS) is 20.6. The van der Waals surface area contributed by atoms with Crippen molar-refractivity contribution in [3.8, 4) is 5.75 Å². The van der Waals surface area contributed by atoms with Crippen LogP contribution in [0, 0.1) is 0 Å². The maximum Gasteiger partial charge on any atom is 0.416 e. The number of benzene rings is 1. The summed E-state index contributed by atoms with van der Waals surface area (Å²) in [5, 5.41) is 2.52. The largest absolute Gasteiger partial charge is 0.484 e. The molecule has 0 bridgehead atoms. The van der Waals surface area contributed by atoms with Gasteiger partial charge in [-0.25, -0.2) is 8.42 Å². The van der Waals surface area contributed by atoms with Crippen LogP contribution in [0.3, 0.4) is 0 Å². The lowest BCUT2D eigenvalue weighted by atomic mass is 10.2. The van der Waals surface area contributed by atoms with Crippen molar-refractivity contribution in [1.29, 1.82) is 0 Å². The van der Waals surface area contributed by atoms with Gasteiger partial charge in [0.1, 0.15) is 5.75 Å². The molecule has 9 heteroatoms. The van der Waals surface area contributed by atoms with E-state index >= 15 is 0 Å². The van der Waals surface area contributed by atoms with Gasteiger partial charge in [0.15, 0.2) is 16.4 Å². The highest BCUT2D eigenvalue weighted by molar-refractivity contribution is 7.91. The number of hydrogen-bond acceptors (Lipinski definition) is 4. The van der Waals surface area contributed by atoms with Crippen molar-refractivity contribution < 1.29 is 31.1 Å². The average molecular weight is 337 g/mol. The molecule has 0 radical (unpaired) electrons. The summed E-state index contributed by atoms with van der Waals surface area (Å²) in [6.07, 6.45) is -4.07. The number of halogens is 3. The van der Waals surface area contributed by atoms with Crippen molar-refractivity contribution in [2.45, 2.75) is 18.6 Å². The third-order valence-corrected chi connectivity index (χ3v) is 4.92. The van der Waals surface area contributed by atoms with Crippen LogP contribution in [0.2, 0.25) is 0 Å². The molecule has 1 heterocycles. The predicted octanol–water partition coefficient (Wildman–Crippen LogP) is 1.39. The van der Waals surface area contributed by atoms with Crippen LogP contribution in [0.25, 0.3) is 0 Å². The van der Waals surface area contributed by atoms with E-state index in [2.05, 4.69) is 5.32 Å². The van der Waals surface area contributed by atoms with Crippen LogP contribution in [0.5, 0.6) is 5.75 Å². The molecule has 22 heavy (non-hydrogen) atoms. The van der Waals surface area contributed by atoms with Gasteiger partial charge in [-0.2, -0.15) is 13.2 Å². The minimum atomic E-state index is -4.43. The highest BCUT2D eigenvalue weighted by atomic mass is 32.2. The number of ether oxygens (including phenoxy) is 1. The van der Waals surface area contributed by atoms with E-state index in [1.54, 1.807) is 0 Å². The number of carbonyl (C=O) groups excluding carboxylic acids is 1. The summed E-state index contributed by atoms with van der Waals surface area (Å²) in [4.78, 5) is 11.6. The number of sulfone groups is 1. The molecule has 1 aliphatic rings. The van der Waals surface area contributed by atoms with E-state index in [4.69, 9.17) is 4.74 Å². The summed E-state index contributed by atoms with van der Waals surface area (Å²) in [5.41, 5.74) is -0.805. The van der Waals surface area contributed by atoms with Crippen LogP contribution in [0.1, 0.15) is 12.0 Å². The molecule has 1 aromatic rings. The van der Waals surface area contributed by atoms with Crippen LogP contribution in [-0.4, -0.2) is 38.5 Å². The van der Waals surface area contributed by atoms with E-state index in [-0.39, 0.29) is 23.9 Å². The molecule has 0 aliphatic carbocycles. The van der Waals surface area contributed by atoms with Gasteiger partial charge >= 0.3 is 6.18 Å². The third kappa shape index (κ3) is 4.62. The standard InChI is InChI=1S/C13H14F3NO4S/c14-13(15,16)9-1-3-11(4-2-9)21-7-12(18)17-10-5-6-22(19,20)8-10/h1-4,10H,5-8H2,(H,17,18). The van der Waals surface area contributed by atoms with Gasteiger partial charge in [0.05, 0.1) is 17.1 Å². The van der Waals surface area contributed by atoms with Crippen LogP contribution in [0.4, 0.5) is 13.2 Å². The average Bonchev–Trinajstić information content (AvgIpc) is 2.75. The highest BCUT2D eigenvalue weighted by Gasteiger charge is 2.30. The molecule has 1 N–H and O–H groups in total. The monoisotopic (exact) mass is 337 g/mol. The van der Waals surface area contributed by atoms with Crippen LogP contribution >= 0.6 is 0 Å². The summed E-state index contributed by atoms with van der Waals surface area (Å²) >= 11 is 0. The Balaban J connectivity index is 1.81. The van der Waals surface area contributed by atoms with Gasteiger partial charge in [-0.3, -0.25) is 4.79 Å². The van der Waals surface area contributed by atoms with Gasteiger partial charge < -0.3 is 10.1 Å². The van der Waals surface area contributed by atoms with E-state index in [0.29, 0.717) is 6.42 Å². The SMILES string of the molecule is O=C(COc1ccc(C(F)(F)F)cc1)NC1CCS(=O)(=O)C1. The Morgan fingerprint density at radius 2 is 1.91 bits per heavy atom. The molecule has 1 aromatic carbocycles. The minimum Gasteiger partial charge on any atom is -0.484 e. The van der Waals surface area contributed by atoms with Crippen molar-refractivity contribution in [1.82, 2.24) is 5.32 Å². The Morgan fingerprint density at radius 3 is 2.41 bits per heavy atom. The lowest BCUT2D eigenvalue weighted by molar-refractivity contribution is -0.137. The molecule has 1 atom stereocenters. The molecular weight excluding hydrogens is 323 g/mol. The van der Waals surface area contributed by atoms with E-state index in [0.717, 1.165) is 24.3 Å². The molecule has 0 spiro atoms. The van der Waals surface area contributed by atoms with E-state index in [1.165, 1.54) is 0 Å². The van der Waals surface area contributed by atoms with Crippen molar-refractivity contribution in [2.75, 3.05) is 18.1 Å². The maximum absolute atomic E-state index is 12.4. The summed E-state index contributed by atoms with van der Waals surface area (Å²) in [5.74, 6) is -0.444. The summed E-state index contributed by atoms with van der Waals surface area (Å²) < 4.78 is 64.7. The summed E-state index contributed by atoms with van der Waals surface area (Å²) in [7, 11) is -3.09. The second-order valence-electron chi connectivity index (χ2n) is 4.98. The Kier molecular flexibility index (Phi) is 4.64. The molecule has 1 aliphatic heterocycles. The van der Waals surface area contributed by atoms with Gasteiger partial charge in [0.25, 0.3) is 5.91 Å². The molecule has 2 rings (SSSR count). The smallest absolute Gasteiger partial charge is 0.416 e. The topological polar surface area (TPSA) is 72.5 Å². The van der Waals surface area contributed by atoms with Crippen molar-refractivity contribution in [3.05, 3.63) is 29.8 Å². The number of carbonyl (C=O) groups is 1. The second kappa shape index (κ2) is 6.15. The molecule has 122 valence electrons. The van der Waals surface area contributed by atoms with E-state index in [1.807, 2.05) is 0 Å². The summed E-state index contributed by atoms with van der Waals surface area (Å²) in [6.45, 7) is -0.387. The fourth-order valence-corrected chi connectivity index (χ4v) is 3.74. The fourth-order valence-electron chi connectivity index (χ4n) is 2.07. The van der Waals surface area contributed by atoms with E-state index in [9.17, 15) is 26.4 Å². The molecule has 5 nitrogen and oxygen atoms in total. The molecule has 1 saturated heterocycles. The third-order valence-electron chi connectivity index (χ3n) is 3.15. The maximum atomic E-state index is 12.4. The first-order valence-electron chi connectivity index (χ1n) is 6.45.